The molecule has 0 aromatic rings. The average molecular weight is 460 g/mol. The molecule has 0 aromatic carbocycles. The Morgan fingerprint density at radius 2 is 1.84 bits per heavy atom. The quantitative estimate of drug-likeness (QED) is 0.342. The van der Waals surface area contributed by atoms with E-state index in [1.807, 2.05) is 13.8 Å². The summed E-state index contributed by atoms with van der Waals surface area (Å²) >= 11 is 2.63. The Bertz CT molecular complexity index is 500. The highest BCUT2D eigenvalue weighted by Gasteiger charge is 2.63. The third-order valence-corrected chi connectivity index (χ3v) is 9.03. The zero-order chi connectivity index (χ0) is 18.5. The van der Waals surface area contributed by atoms with Crippen molar-refractivity contribution < 1.29 is 10.2 Å². The molecule has 2 nitrogen and oxygen atoms in total. The average Bonchev–Trinajstić information content (AvgIpc) is 3.23. The van der Waals surface area contributed by atoms with Crippen molar-refractivity contribution in [2.45, 2.75) is 76.4 Å². The lowest BCUT2D eigenvalue weighted by atomic mass is 9.69. The summed E-state index contributed by atoms with van der Waals surface area (Å²) in [4.78, 5) is 0. The fourth-order valence-corrected chi connectivity index (χ4v) is 7.61. The van der Waals surface area contributed by atoms with Crippen LogP contribution in [0.2, 0.25) is 0 Å². The number of allylic oxidation sites excluding steroid dienone is 2. The smallest absolute Gasteiger partial charge is 0.0545 e. The molecule has 3 aliphatic rings. The van der Waals surface area contributed by atoms with E-state index in [9.17, 15) is 10.2 Å². The van der Waals surface area contributed by atoms with Crippen molar-refractivity contribution in [1.82, 2.24) is 0 Å². The molecular weight excluding hydrogens is 423 g/mol. The van der Waals surface area contributed by atoms with E-state index in [-0.39, 0.29) is 12.2 Å². The van der Waals surface area contributed by atoms with Crippen LogP contribution in [-0.2, 0) is 0 Å². The molecule has 0 aliphatic heterocycles. The fraction of sp³-hybridized carbons (Fsp3) is 0.909. The molecule has 2 fully saturated rings. The third kappa shape index (κ3) is 3.71. The summed E-state index contributed by atoms with van der Waals surface area (Å²) < 4.78 is 0.776. The van der Waals surface area contributed by atoms with Crippen molar-refractivity contribution in [3.63, 3.8) is 0 Å². The van der Waals surface area contributed by atoms with Gasteiger partial charge in [0.05, 0.1) is 12.2 Å². The largest absolute Gasteiger partial charge is 0.393 e. The van der Waals surface area contributed by atoms with Gasteiger partial charge in [0.2, 0.25) is 0 Å². The molecule has 0 aromatic heterocycles. The van der Waals surface area contributed by atoms with E-state index in [1.54, 1.807) is 5.57 Å². The molecule has 2 saturated carbocycles. The fourth-order valence-electron chi connectivity index (χ4n) is 6.81. The van der Waals surface area contributed by atoms with E-state index < -0.39 is 0 Å². The molecule has 0 amide bonds. The van der Waals surface area contributed by atoms with Crippen molar-refractivity contribution in [2.24, 2.45) is 47.3 Å². The molecule has 25 heavy (non-hydrogen) atoms. The van der Waals surface area contributed by atoms with E-state index in [1.165, 1.54) is 19.3 Å². The van der Waals surface area contributed by atoms with Crippen molar-refractivity contribution in [3.05, 3.63) is 11.6 Å². The second kappa shape index (κ2) is 7.79. The normalized spacial score (nSPS) is 47.4. The Kier molecular flexibility index (Phi) is 6.27. The van der Waals surface area contributed by atoms with E-state index in [2.05, 4.69) is 49.4 Å². The maximum absolute atomic E-state index is 10.5. The second-order valence-electron chi connectivity index (χ2n) is 9.33. The van der Waals surface area contributed by atoms with E-state index in [0.29, 0.717) is 23.7 Å². The first kappa shape index (κ1) is 20.1. The third-order valence-electron chi connectivity index (χ3n) is 8.01. The summed E-state index contributed by atoms with van der Waals surface area (Å²) in [5.41, 5.74) is 1.61. The van der Waals surface area contributed by atoms with Gasteiger partial charge in [0, 0.05) is 3.92 Å². The van der Waals surface area contributed by atoms with Crippen LogP contribution in [0.5, 0.6) is 0 Å². The summed E-state index contributed by atoms with van der Waals surface area (Å²) in [6, 6.07) is 0. The number of aliphatic hydroxyl groups is 2. The number of hydrogen-bond acceptors (Lipinski definition) is 2. The molecule has 3 heteroatoms. The first-order valence-electron chi connectivity index (χ1n) is 10.4. The van der Waals surface area contributed by atoms with Gasteiger partial charge in [0.1, 0.15) is 0 Å². The van der Waals surface area contributed by atoms with Crippen LogP contribution in [-0.4, -0.2) is 26.3 Å². The van der Waals surface area contributed by atoms with Gasteiger partial charge in [-0.1, -0.05) is 54.5 Å². The van der Waals surface area contributed by atoms with Crippen LogP contribution in [0, 0.1) is 47.3 Å². The van der Waals surface area contributed by atoms with Gasteiger partial charge >= 0.3 is 0 Å². The first-order chi connectivity index (χ1) is 11.8. The zero-order valence-electron chi connectivity index (χ0n) is 16.5. The summed E-state index contributed by atoms with van der Waals surface area (Å²) in [7, 11) is 0. The van der Waals surface area contributed by atoms with Gasteiger partial charge in [-0.3, -0.25) is 0 Å². The predicted molar refractivity (Wildman–Crippen MR) is 113 cm³/mol. The molecule has 0 heterocycles. The highest BCUT2D eigenvalue weighted by Crippen LogP contribution is 2.67. The first-order valence-corrected chi connectivity index (χ1v) is 11.7. The van der Waals surface area contributed by atoms with Gasteiger partial charge in [-0.2, -0.15) is 0 Å². The maximum atomic E-state index is 10.5. The van der Waals surface area contributed by atoms with E-state index in [0.717, 1.165) is 34.0 Å². The van der Waals surface area contributed by atoms with Gasteiger partial charge in [-0.05, 0) is 87.4 Å². The number of hydrogen-bond donors (Lipinski definition) is 2. The molecule has 0 bridgehead atoms. The summed E-state index contributed by atoms with van der Waals surface area (Å²) in [5, 5.41) is 20.8. The molecule has 11 atom stereocenters. The minimum absolute atomic E-state index is 0.256. The van der Waals surface area contributed by atoms with Crippen LogP contribution in [0.3, 0.4) is 0 Å². The van der Waals surface area contributed by atoms with Gasteiger partial charge in [0.15, 0.2) is 0 Å². The lowest BCUT2D eigenvalue weighted by molar-refractivity contribution is -0.0134. The van der Waals surface area contributed by atoms with E-state index >= 15 is 0 Å². The topological polar surface area (TPSA) is 40.5 Å². The second-order valence-corrected chi connectivity index (χ2v) is 11.1. The standard InChI is InChI=1S/C22H37IO2/c1-6-16(17-9-15(23)8-7-11(17)2)21-19-10-18(13(4)24)12(3)20(14(5)25)22(19)21/h7,12-22,24-25H,6,8-10H2,1-5H3. The molecule has 144 valence electrons. The van der Waals surface area contributed by atoms with Crippen LogP contribution in [0.15, 0.2) is 11.6 Å². The Labute approximate surface area is 168 Å². The Morgan fingerprint density at radius 3 is 2.40 bits per heavy atom. The number of rotatable bonds is 5. The maximum Gasteiger partial charge on any atom is 0.0545 e. The van der Waals surface area contributed by atoms with Crippen molar-refractivity contribution in [3.8, 4) is 0 Å². The Morgan fingerprint density at radius 1 is 1.16 bits per heavy atom. The highest BCUT2D eigenvalue weighted by molar-refractivity contribution is 14.1. The molecular formula is C22H37IO2. The number of halogens is 1. The molecule has 3 aliphatic carbocycles. The van der Waals surface area contributed by atoms with Crippen LogP contribution >= 0.6 is 22.6 Å². The molecule has 11 unspecified atom stereocenters. The summed E-state index contributed by atoms with van der Waals surface area (Å²) in [5.74, 6) is 4.77. The van der Waals surface area contributed by atoms with Gasteiger partial charge in [-0.25, -0.2) is 0 Å². The van der Waals surface area contributed by atoms with Gasteiger partial charge < -0.3 is 10.2 Å². The lowest BCUT2D eigenvalue weighted by Crippen LogP contribution is -2.39. The number of aliphatic hydroxyl groups excluding tert-OH is 2. The lowest BCUT2D eigenvalue weighted by Gasteiger charge is -2.39. The molecule has 0 saturated heterocycles. The van der Waals surface area contributed by atoms with Crippen molar-refractivity contribution in [2.75, 3.05) is 0 Å². The SMILES string of the molecule is CCC(C1CC(I)CC=C1C)C1C2CC(C(C)O)C(C)C(C(C)O)C21. The minimum Gasteiger partial charge on any atom is -0.393 e. The Hall–Kier alpha value is 0.390. The molecule has 3 rings (SSSR count). The van der Waals surface area contributed by atoms with Gasteiger partial charge in [0.25, 0.3) is 0 Å². The summed E-state index contributed by atoms with van der Waals surface area (Å²) in [6.45, 7) is 10.9. The highest BCUT2D eigenvalue weighted by atomic mass is 127. The predicted octanol–water partition coefficient (Wildman–Crippen LogP) is 5.07. The Balaban J connectivity index is 1.83. The molecule has 2 N–H and O–H groups in total. The van der Waals surface area contributed by atoms with Crippen LogP contribution in [0.4, 0.5) is 0 Å². The van der Waals surface area contributed by atoms with Crippen LogP contribution < -0.4 is 0 Å². The monoisotopic (exact) mass is 460 g/mol. The molecule has 0 radical (unpaired) electrons. The van der Waals surface area contributed by atoms with Crippen LogP contribution in [0.1, 0.15) is 60.3 Å². The minimum atomic E-state index is -0.258. The van der Waals surface area contributed by atoms with Crippen LogP contribution in [0.25, 0.3) is 0 Å². The zero-order valence-corrected chi connectivity index (χ0v) is 18.7. The number of fused-ring (bicyclic) bond motifs is 1. The molecule has 0 spiro atoms. The van der Waals surface area contributed by atoms with Crippen molar-refractivity contribution >= 4 is 22.6 Å². The van der Waals surface area contributed by atoms with Gasteiger partial charge in [-0.15, -0.1) is 0 Å². The van der Waals surface area contributed by atoms with Crippen molar-refractivity contribution in [1.29, 1.82) is 0 Å². The van der Waals surface area contributed by atoms with E-state index in [4.69, 9.17) is 0 Å². The number of alkyl halides is 1. The summed E-state index contributed by atoms with van der Waals surface area (Å²) in [6.07, 6.45) is 6.93.